The van der Waals surface area contributed by atoms with Crippen molar-refractivity contribution in [2.24, 2.45) is 11.8 Å². The van der Waals surface area contributed by atoms with Gasteiger partial charge in [-0.15, -0.1) is 0 Å². The van der Waals surface area contributed by atoms with Gasteiger partial charge in [0.1, 0.15) is 0 Å². The van der Waals surface area contributed by atoms with E-state index >= 15 is 0 Å². The third kappa shape index (κ3) is 20.0. The van der Waals surface area contributed by atoms with Gasteiger partial charge in [-0.1, -0.05) is 93.7 Å². The van der Waals surface area contributed by atoms with E-state index in [9.17, 15) is 14.7 Å². The Labute approximate surface area is 208 Å². The lowest BCUT2D eigenvalue weighted by Crippen LogP contribution is -2.46. The predicted octanol–water partition coefficient (Wildman–Crippen LogP) is 6.38. The summed E-state index contributed by atoms with van der Waals surface area (Å²) in [6, 6.07) is -0.426. The monoisotopic (exact) mass is 468 g/mol. The summed E-state index contributed by atoms with van der Waals surface area (Å²) in [4.78, 5) is 23.4. The van der Waals surface area contributed by atoms with Gasteiger partial charge < -0.3 is 15.2 Å². The van der Waals surface area contributed by atoms with E-state index in [1.165, 1.54) is 0 Å². The quantitative estimate of drug-likeness (QED) is 0.224. The highest BCUT2D eigenvalue weighted by Crippen LogP contribution is 2.15. The van der Waals surface area contributed by atoms with Crippen LogP contribution in [0.25, 0.3) is 0 Å². The molecule has 0 aliphatic carbocycles. The number of nitrogens with one attached hydrogen (secondary N) is 1. The zero-order valence-corrected chi connectivity index (χ0v) is 21.7. The number of amides is 1. The lowest BCUT2D eigenvalue weighted by Gasteiger charge is -2.27. The Morgan fingerprint density at radius 1 is 0.706 bits per heavy atom. The summed E-state index contributed by atoms with van der Waals surface area (Å²) in [5, 5.41) is 14.1. The molecule has 0 aliphatic heterocycles. The van der Waals surface area contributed by atoms with Crippen molar-refractivity contribution in [2.45, 2.75) is 91.5 Å². The van der Waals surface area contributed by atoms with Crippen molar-refractivity contribution in [1.29, 1.82) is 0 Å². The Bertz CT molecular complexity index is 711. The van der Waals surface area contributed by atoms with Crippen LogP contribution >= 0.6 is 0 Å². The van der Waals surface area contributed by atoms with Crippen molar-refractivity contribution in [3.8, 4) is 0 Å². The molecule has 34 heavy (non-hydrogen) atoms. The number of carboxylic acid groups (broad SMARTS) is 1. The second-order valence-electron chi connectivity index (χ2n) is 8.87. The van der Waals surface area contributed by atoms with Gasteiger partial charge in [-0.2, -0.15) is 0 Å². The highest BCUT2D eigenvalue weighted by atomic mass is 16.4. The molecule has 0 saturated carbocycles. The van der Waals surface area contributed by atoms with Crippen LogP contribution in [0, 0.1) is 11.8 Å². The summed E-state index contributed by atoms with van der Waals surface area (Å²) in [5.74, 6) is -1.64. The van der Waals surface area contributed by atoms with Crippen LogP contribution in [0.5, 0.6) is 0 Å². The molecule has 0 aromatic carbocycles. The molecule has 0 aromatic rings. The molecule has 0 bridgehead atoms. The minimum absolute atomic E-state index is 0.123. The topological polar surface area (TPSA) is 69.2 Å². The third-order valence-corrected chi connectivity index (χ3v) is 5.15. The van der Waals surface area contributed by atoms with Crippen LogP contribution in [0.3, 0.4) is 0 Å². The van der Waals surface area contributed by atoms with E-state index in [-0.39, 0.29) is 11.8 Å². The smallest absolute Gasteiger partial charge is 0.220 e. The summed E-state index contributed by atoms with van der Waals surface area (Å²) in [7, 11) is 0. The maximum Gasteiger partial charge on any atom is 0.220 e. The fourth-order valence-corrected chi connectivity index (χ4v) is 3.29. The van der Waals surface area contributed by atoms with Crippen molar-refractivity contribution >= 4 is 11.9 Å². The van der Waals surface area contributed by atoms with E-state index in [1.807, 2.05) is 26.0 Å². The van der Waals surface area contributed by atoms with Crippen molar-refractivity contribution in [3.63, 3.8) is 0 Å². The molecule has 0 rings (SSSR count). The number of carboxylic acids is 1. The van der Waals surface area contributed by atoms with Gasteiger partial charge in [-0.05, 0) is 64.2 Å². The van der Waals surface area contributed by atoms with Crippen LogP contribution in [-0.2, 0) is 9.59 Å². The first-order chi connectivity index (χ1) is 16.4. The number of allylic oxidation sites excluding steroid dienone is 12. The van der Waals surface area contributed by atoms with Crippen molar-refractivity contribution < 1.29 is 14.7 Å². The zero-order chi connectivity index (χ0) is 25.4. The Hall–Kier alpha value is -2.62. The molecule has 0 saturated heterocycles. The van der Waals surface area contributed by atoms with E-state index < -0.39 is 17.9 Å². The van der Waals surface area contributed by atoms with Crippen LogP contribution in [0.2, 0.25) is 0 Å². The van der Waals surface area contributed by atoms with Gasteiger partial charge in [0.25, 0.3) is 0 Å². The maximum absolute atomic E-state index is 12.1. The van der Waals surface area contributed by atoms with Crippen molar-refractivity contribution in [3.05, 3.63) is 72.9 Å². The van der Waals surface area contributed by atoms with Gasteiger partial charge in [0.2, 0.25) is 5.91 Å². The normalized spacial score (nSPS) is 14.6. The summed E-state index contributed by atoms with van der Waals surface area (Å²) in [6.45, 7) is 7.81. The van der Waals surface area contributed by atoms with Gasteiger partial charge in [0.05, 0.1) is 0 Å². The summed E-state index contributed by atoms with van der Waals surface area (Å²) < 4.78 is 0. The molecule has 0 heterocycles. The molecule has 0 radical (unpaired) electrons. The molecule has 1 N–H and O–H groups in total. The highest BCUT2D eigenvalue weighted by Gasteiger charge is 2.21. The lowest BCUT2D eigenvalue weighted by molar-refractivity contribution is -0.312. The van der Waals surface area contributed by atoms with Gasteiger partial charge in [0.15, 0.2) is 0 Å². The first kappa shape index (κ1) is 31.4. The summed E-state index contributed by atoms with van der Waals surface area (Å²) in [6.07, 6.45) is 33.1. The molecule has 4 heteroatoms. The third-order valence-electron chi connectivity index (χ3n) is 5.15. The van der Waals surface area contributed by atoms with Crippen LogP contribution < -0.4 is 10.4 Å². The van der Waals surface area contributed by atoms with Crippen LogP contribution in [-0.4, -0.2) is 17.9 Å². The van der Waals surface area contributed by atoms with Crippen LogP contribution in [0.4, 0.5) is 0 Å². The second-order valence-corrected chi connectivity index (χ2v) is 8.87. The first-order valence-corrected chi connectivity index (χ1v) is 12.8. The van der Waals surface area contributed by atoms with E-state index in [0.29, 0.717) is 19.3 Å². The molecular weight excluding hydrogens is 422 g/mol. The Morgan fingerprint density at radius 3 is 1.50 bits per heavy atom. The highest BCUT2D eigenvalue weighted by molar-refractivity contribution is 5.77. The average Bonchev–Trinajstić information content (AvgIpc) is 2.78. The fraction of sp³-hybridized carbons (Fsp3) is 0.533. The molecule has 1 unspecified atom stereocenters. The molecule has 1 amide bonds. The lowest BCUT2D eigenvalue weighted by atomic mass is 9.91. The van der Waals surface area contributed by atoms with Crippen LogP contribution in [0.1, 0.15) is 85.5 Å². The Kier molecular flexibility index (Phi) is 20.5. The van der Waals surface area contributed by atoms with E-state index in [2.05, 4.69) is 73.0 Å². The predicted molar refractivity (Wildman–Crippen MR) is 143 cm³/mol. The number of aliphatic carboxylic acids is 1. The first-order valence-electron chi connectivity index (χ1n) is 12.8. The number of hydrogen-bond acceptors (Lipinski definition) is 3. The van der Waals surface area contributed by atoms with Gasteiger partial charge in [-0.3, -0.25) is 4.79 Å². The molecule has 0 aromatic heterocycles. The van der Waals surface area contributed by atoms with Gasteiger partial charge in [0, 0.05) is 24.3 Å². The van der Waals surface area contributed by atoms with E-state index in [1.54, 1.807) is 6.92 Å². The van der Waals surface area contributed by atoms with Crippen molar-refractivity contribution in [1.82, 2.24) is 5.32 Å². The maximum atomic E-state index is 12.1. The minimum atomic E-state index is -1.10. The molecule has 2 atom stereocenters. The second kappa shape index (κ2) is 22.2. The Morgan fingerprint density at radius 2 is 1.12 bits per heavy atom. The molecule has 0 spiro atoms. The SMILES string of the molecule is CC/C=C\C/C=C\C/C=C\C/C=C\C/C=C\C/C=C\CCC(=O)N[C@@H](C)C(CC(C)C)C(=O)[O-]. The zero-order valence-electron chi connectivity index (χ0n) is 21.7. The largest absolute Gasteiger partial charge is 0.550 e. The minimum Gasteiger partial charge on any atom is -0.550 e. The fourth-order valence-electron chi connectivity index (χ4n) is 3.29. The summed E-state index contributed by atoms with van der Waals surface area (Å²) >= 11 is 0. The standard InChI is InChI=1S/C30H47NO3/c1-5-6-7-8-9-10-11-12-13-14-15-16-17-18-19-20-21-22-23-24-29(32)31-27(4)28(30(33)34)25-26(2)3/h6-7,9-10,12-13,15-16,18-19,21-22,26-28H,5,8,11,14,17,20,23-25H2,1-4H3,(H,31,32)(H,33,34)/p-1/b7-6-,10-9-,13-12-,16-15-,19-18-,22-21-/t27-,28?/m0/s1. The molecule has 0 fully saturated rings. The van der Waals surface area contributed by atoms with Crippen LogP contribution in [0.15, 0.2) is 72.9 Å². The number of carbonyl (C=O) groups excluding carboxylic acids is 2. The number of carbonyl (C=O) groups is 2. The molecule has 4 nitrogen and oxygen atoms in total. The van der Waals surface area contributed by atoms with Gasteiger partial charge >= 0.3 is 0 Å². The number of rotatable bonds is 19. The van der Waals surface area contributed by atoms with E-state index in [4.69, 9.17) is 0 Å². The molecule has 0 aliphatic rings. The van der Waals surface area contributed by atoms with E-state index in [0.717, 1.165) is 38.5 Å². The number of hydrogen-bond donors (Lipinski definition) is 1. The molecule has 190 valence electrons. The average molecular weight is 469 g/mol. The molecular formula is C30H46NO3-. The summed E-state index contributed by atoms with van der Waals surface area (Å²) in [5.41, 5.74) is 0. The van der Waals surface area contributed by atoms with Crippen molar-refractivity contribution in [2.75, 3.05) is 0 Å². The Balaban J connectivity index is 3.88. The van der Waals surface area contributed by atoms with Gasteiger partial charge in [-0.25, -0.2) is 0 Å².